The minimum Gasteiger partial charge on any atom is -0.423 e. The van der Waals surface area contributed by atoms with Crippen LogP contribution in [-0.2, 0) is 9.53 Å². The smallest absolute Gasteiger partial charge is 0.336 e. The summed E-state index contributed by atoms with van der Waals surface area (Å²) in [5, 5.41) is 3.76. The van der Waals surface area contributed by atoms with E-state index in [4.69, 9.17) is 14.9 Å². The van der Waals surface area contributed by atoms with Gasteiger partial charge < -0.3 is 20.2 Å². The second-order valence-corrected chi connectivity index (χ2v) is 6.40. The zero-order chi connectivity index (χ0) is 17.3. The van der Waals surface area contributed by atoms with Crippen LogP contribution in [0.3, 0.4) is 0 Å². The van der Waals surface area contributed by atoms with E-state index in [0.29, 0.717) is 17.7 Å². The van der Waals surface area contributed by atoms with Gasteiger partial charge in [-0.05, 0) is 43.9 Å². The lowest BCUT2D eigenvalue weighted by Crippen LogP contribution is -2.44. The molecule has 136 valence electrons. The highest BCUT2D eigenvalue weighted by Gasteiger charge is 2.31. The Labute approximate surface area is 152 Å². The lowest BCUT2D eigenvalue weighted by molar-refractivity contribution is -0.121. The number of aryl methyl sites for hydroxylation is 1. The molecular weight excluding hydrogens is 344 g/mol. The summed E-state index contributed by atoms with van der Waals surface area (Å²) in [6.45, 7) is 1.85. The van der Waals surface area contributed by atoms with Crippen LogP contribution in [0.1, 0.15) is 24.8 Å². The average Bonchev–Trinajstić information content (AvgIpc) is 2.54. The minimum atomic E-state index is -0.396. The highest BCUT2D eigenvalue weighted by atomic mass is 35.5. The highest BCUT2D eigenvalue weighted by Crippen LogP contribution is 2.27. The third kappa shape index (κ3) is 4.21. The van der Waals surface area contributed by atoms with Crippen molar-refractivity contribution in [2.24, 2.45) is 11.7 Å². The molecular formula is C18H23ClN2O4. The molecule has 3 atom stereocenters. The molecule has 3 rings (SSSR count). The number of nitrogens with one attached hydrogen (secondary N) is 1. The van der Waals surface area contributed by atoms with Gasteiger partial charge in [0.05, 0.1) is 6.10 Å². The standard InChI is InChI=1S/C18H22N2O4.ClH/c1-10-7-17(21)24-16-9-12(4-5-13(10)16)20-18(22)11-3-6-15(23-2)14(19)8-11;/h4-5,7,9,11,14-15H,3,6,8,19H2,1-2H3,(H,20,22);1H/t11-,14+,15+;/m0./s1. The van der Waals surface area contributed by atoms with Gasteiger partial charge in [-0.3, -0.25) is 4.79 Å². The minimum absolute atomic E-state index is 0. The van der Waals surface area contributed by atoms with Gasteiger partial charge in [-0.25, -0.2) is 4.79 Å². The normalized spacial score (nSPS) is 23.1. The van der Waals surface area contributed by atoms with Gasteiger partial charge in [-0.2, -0.15) is 0 Å². The molecule has 1 aliphatic carbocycles. The molecule has 7 heteroatoms. The Morgan fingerprint density at radius 1 is 1.32 bits per heavy atom. The largest absolute Gasteiger partial charge is 0.423 e. The van der Waals surface area contributed by atoms with E-state index < -0.39 is 5.63 Å². The van der Waals surface area contributed by atoms with Crippen molar-refractivity contribution in [3.63, 3.8) is 0 Å². The van der Waals surface area contributed by atoms with Crippen LogP contribution in [0.4, 0.5) is 5.69 Å². The van der Waals surface area contributed by atoms with Gasteiger partial charge in [0.2, 0.25) is 5.91 Å². The molecule has 6 nitrogen and oxygen atoms in total. The Bertz CT molecular complexity index is 820. The Morgan fingerprint density at radius 2 is 2.08 bits per heavy atom. The second kappa shape index (κ2) is 7.99. The number of benzene rings is 1. The molecule has 1 aromatic carbocycles. The van der Waals surface area contributed by atoms with Gasteiger partial charge in [0.1, 0.15) is 5.58 Å². The van der Waals surface area contributed by atoms with E-state index in [1.165, 1.54) is 6.07 Å². The number of fused-ring (bicyclic) bond motifs is 1. The topological polar surface area (TPSA) is 94.6 Å². The quantitative estimate of drug-likeness (QED) is 0.814. The van der Waals surface area contributed by atoms with Crippen LogP contribution in [-0.4, -0.2) is 25.2 Å². The SMILES string of the molecule is CO[C@@H]1CC[C@H](C(=O)Nc2ccc3c(C)cc(=O)oc3c2)C[C@H]1N.Cl. The molecule has 0 unspecified atom stereocenters. The van der Waals surface area contributed by atoms with Crippen LogP contribution in [0.15, 0.2) is 33.5 Å². The molecule has 1 fully saturated rings. The number of anilines is 1. The molecule has 0 bridgehead atoms. The van der Waals surface area contributed by atoms with Crippen LogP contribution in [0.25, 0.3) is 11.0 Å². The van der Waals surface area contributed by atoms with E-state index in [2.05, 4.69) is 5.32 Å². The van der Waals surface area contributed by atoms with Crippen molar-refractivity contribution >= 4 is 35.0 Å². The number of hydrogen-bond acceptors (Lipinski definition) is 5. The lowest BCUT2D eigenvalue weighted by Gasteiger charge is -2.32. The van der Waals surface area contributed by atoms with Gasteiger partial charge in [-0.1, -0.05) is 0 Å². The van der Waals surface area contributed by atoms with Crippen LogP contribution >= 0.6 is 12.4 Å². The predicted molar refractivity (Wildman–Crippen MR) is 99.2 cm³/mol. The van der Waals surface area contributed by atoms with Crippen LogP contribution < -0.4 is 16.7 Å². The third-order valence-corrected chi connectivity index (χ3v) is 4.73. The number of nitrogens with two attached hydrogens (primary N) is 1. The van der Waals surface area contributed by atoms with Crippen molar-refractivity contribution in [2.75, 3.05) is 12.4 Å². The maximum Gasteiger partial charge on any atom is 0.336 e. The summed E-state index contributed by atoms with van der Waals surface area (Å²) >= 11 is 0. The van der Waals surface area contributed by atoms with Crippen LogP contribution in [0.2, 0.25) is 0 Å². The summed E-state index contributed by atoms with van der Waals surface area (Å²) in [4.78, 5) is 24.0. The van der Waals surface area contributed by atoms with Crippen molar-refractivity contribution in [1.29, 1.82) is 0 Å². The summed E-state index contributed by atoms with van der Waals surface area (Å²) in [7, 11) is 1.65. The Kier molecular flexibility index (Phi) is 6.21. The van der Waals surface area contributed by atoms with Gasteiger partial charge >= 0.3 is 5.63 Å². The van der Waals surface area contributed by atoms with E-state index in [1.54, 1.807) is 13.2 Å². The molecule has 1 aromatic heterocycles. The molecule has 0 aliphatic heterocycles. The first-order chi connectivity index (χ1) is 11.5. The fourth-order valence-corrected chi connectivity index (χ4v) is 3.36. The number of methoxy groups -OCH3 is 1. The van der Waals surface area contributed by atoms with Gasteiger partial charge in [-0.15, -0.1) is 12.4 Å². The summed E-state index contributed by atoms with van der Waals surface area (Å²) in [6, 6.07) is 6.67. The number of carbonyl (C=O) groups is 1. The average molecular weight is 367 g/mol. The monoisotopic (exact) mass is 366 g/mol. The summed E-state index contributed by atoms with van der Waals surface area (Å²) in [5.41, 5.74) is 7.60. The van der Waals surface area contributed by atoms with Gasteiger partial charge in [0.25, 0.3) is 0 Å². The highest BCUT2D eigenvalue weighted by molar-refractivity contribution is 5.95. The number of carbonyl (C=O) groups excluding carboxylic acids is 1. The number of halogens is 1. The molecule has 2 aromatic rings. The Balaban J connectivity index is 0.00000225. The van der Waals surface area contributed by atoms with E-state index >= 15 is 0 Å². The number of rotatable bonds is 3. The summed E-state index contributed by atoms with van der Waals surface area (Å²) in [6.07, 6.45) is 2.15. The van der Waals surface area contributed by atoms with Crippen molar-refractivity contribution in [1.82, 2.24) is 0 Å². The summed E-state index contributed by atoms with van der Waals surface area (Å²) < 4.78 is 10.5. The first-order valence-electron chi connectivity index (χ1n) is 8.11. The number of ether oxygens (including phenoxy) is 1. The molecule has 0 saturated heterocycles. The Hall–Kier alpha value is -1.89. The lowest BCUT2D eigenvalue weighted by atomic mass is 9.83. The first kappa shape index (κ1) is 19.4. The third-order valence-electron chi connectivity index (χ3n) is 4.73. The molecule has 0 spiro atoms. The maximum absolute atomic E-state index is 12.5. The van der Waals surface area contributed by atoms with Crippen LogP contribution in [0.5, 0.6) is 0 Å². The molecule has 1 aliphatic rings. The van der Waals surface area contributed by atoms with E-state index in [1.807, 2.05) is 19.1 Å². The van der Waals surface area contributed by atoms with Gasteiger partial charge in [0, 0.05) is 42.3 Å². The predicted octanol–water partition coefficient (Wildman–Crippen LogP) is 2.60. The number of amides is 1. The van der Waals surface area contributed by atoms with Crippen LogP contribution in [0, 0.1) is 12.8 Å². The van der Waals surface area contributed by atoms with Crippen molar-refractivity contribution < 1.29 is 13.9 Å². The first-order valence-corrected chi connectivity index (χ1v) is 8.11. The number of hydrogen-bond donors (Lipinski definition) is 2. The molecule has 1 amide bonds. The maximum atomic E-state index is 12.5. The fraction of sp³-hybridized carbons (Fsp3) is 0.444. The molecule has 3 N–H and O–H groups in total. The second-order valence-electron chi connectivity index (χ2n) is 6.40. The van der Waals surface area contributed by atoms with E-state index in [-0.39, 0.29) is 36.4 Å². The van der Waals surface area contributed by atoms with Crippen molar-refractivity contribution in [3.8, 4) is 0 Å². The Morgan fingerprint density at radius 3 is 2.76 bits per heavy atom. The van der Waals surface area contributed by atoms with Crippen molar-refractivity contribution in [3.05, 3.63) is 40.2 Å². The summed E-state index contributed by atoms with van der Waals surface area (Å²) in [5.74, 6) is -0.194. The molecule has 1 heterocycles. The van der Waals surface area contributed by atoms with E-state index in [9.17, 15) is 9.59 Å². The zero-order valence-electron chi connectivity index (χ0n) is 14.3. The van der Waals surface area contributed by atoms with Crippen molar-refractivity contribution in [2.45, 2.75) is 38.3 Å². The molecule has 25 heavy (non-hydrogen) atoms. The zero-order valence-corrected chi connectivity index (χ0v) is 15.1. The van der Waals surface area contributed by atoms with Gasteiger partial charge in [0.15, 0.2) is 0 Å². The van der Waals surface area contributed by atoms with E-state index in [0.717, 1.165) is 23.8 Å². The molecule has 1 saturated carbocycles. The fourth-order valence-electron chi connectivity index (χ4n) is 3.36. The molecule has 0 radical (unpaired) electrons.